The molecule has 0 N–H and O–H groups in total. The molecule has 0 spiro atoms. The van der Waals surface area contributed by atoms with Gasteiger partial charge in [0.25, 0.3) is 0 Å². The fourth-order valence-electron chi connectivity index (χ4n) is 2.44. The second-order valence-electron chi connectivity index (χ2n) is 4.79. The van der Waals surface area contributed by atoms with Gasteiger partial charge in [-0.25, -0.2) is 0 Å². The van der Waals surface area contributed by atoms with E-state index in [1.54, 1.807) is 11.6 Å². The number of rotatable bonds is 3. The van der Waals surface area contributed by atoms with Crippen molar-refractivity contribution < 1.29 is 4.74 Å². The van der Waals surface area contributed by atoms with E-state index in [-0.39, 0.29) is 0 Å². The molecule has 0 amide bonds. The number of ether oxygens (including phenoxy) is 1. The third-order valence-corrected chi connectivity index (χ3v) is 4.69. The van der Waals surface area contributed by atoms with Gasteiger partial charge < -0.3 is 4.74 Å². The lowest BCUT2D eigenvalue weighted by Gasteiger charge is -2.04. The van der Waals surface area contributed by atoms with Crippen molar-refractivity contribution in [2.45, 2.75) is 6.61 Å². The Labute approximate surface area is 135 Å². The first-order valence-corrected chi connectivity index (χ1v) is 7.85. The maximum absolute atomic E-state index is 6.28. The van der Waals surface area contributed by atoms with Gasteiger partial charge in [-0.1, -0.05) is 53.3 Å². The van der Waals surface area contributed by atoms with Gasteiger partial charge >= 0.3 is 0 Å². The molecule has 4 aromatic rings. The maximum Gasteiger partial charge on any atom is 0.235 e. The minimum atomic E-state index is 0.381. The third kappa shape index (κ3) is 2.08. The van der Waals surface area contributed by atoms with Crippen LogP contribution in [-0.4, -0.2) is 26.9 Å². The average Bonchev–Trinajstić information content (AvgIpc) is 3.09. The van der Waals surface area contributed by atoms with Crippen LogP contribution in [0, 0.1) is 0 Å². The second-order valence-corrected chi connectivity index (χ2v) is 6.15. The topological polar surface area (TPSA) is 52.3 Å². The second kappa shape index (κ2) is 5.31. The van der Waals surface area contributed by atoms with Crippen molar-refractivity contribution >= 4 is 38.7 Å². The van der Waals surface area contributed by atoms with Crippen LogP contribution in [-0.2, 0) is 11.3 Å². The molecule has 0 unspecified atom stereocenters. The predicted molar refractivity (Wildman–Crippen MR) is 87.3 cm³/mol. The maximum atomic E-state index is 6.28. The van der Waals surface area contributed by atoms with Crippen LogP contribution < -0.4 is 0 Å². The zero-order valence-electron chi connectivity index (χ0n) is 11.7. The first kappa shape index (κ1) is 13.6. The standard InChI is InChI=1S/C15H11ClN4OS/c1-21-8-13-17-18-15-20(13)19-14(22-15)11-6-2-5-10-9(11)4-3-7-12(10)16/h2-7H,8H2,1H3. The summed E-state index contributed by atoms with van der Waals surface area (Å²) in [5.41, 5.74) is 1.04. The van der Waals surface area contributed by atoms with Crippen LogP contribution in [0.3, 0.4) is 0 Å². The summed E-state index contributed by atoms with van der Waals surface area (Å²) in [7, 11) is 1.63. The molecule has 7 heteroatoms. The minimum absolute atomic E-state index is 0.381. The predicted octanol–water partition coefficient (Wildman–Crippen LogP) is 3.81. The summed E-state index contributed by atoms with van der Waals surface area (Å²) in [5.74, 6) is 0.693. The average molecular weight is 331 g/mol. The molecular formula is C15H11ClN4OS. The quantitative estimate of drug-likeness (QED) is 0.573. The molecule has 110 valence electrons. The van der Waals surface area contributed by atoms with Gasteiger partial charge in [0.2, 0.25) is 4.96 Å². The number of halogens is 1. The van der Waals surface area contributed by atoms with Gasteiger partial charge in [-0.2, -0.15) is 9.61 Å². The minimum Gasteiger partial charge on any atom is -0.377 e. The van der Waals surface area contributed by atoms with E-state index in [1.807, 2.05) is 30.3 Å². The molecule has 2 aromatic carbocycles. The normalized spacial score (nSPS) is 11.5. The van der Waals surface area contributed by atoms with Gasteiger partial charge in [0, 0.05) is 23.1 Å². The lowest BCUT2D eigenvalue weighted by Crippen LogP contribution is -1.97. The van der Waals surface area contributed by atoms with Crippen LogP contribution in [0.4, 0.5) is 0 Å². The Morgan fingerprint density at radius 1 is 1.14 bits per heavy atom. The Bertz CT molecular complexity index is 978. The first-order valence-electron chi connectivity index (χ1n) is 6.65. The largest absolute Gasteiger partial charge is 0.377 e. The molecule has 0 saturated carbocycles. The van der Waals surface area contributed by atoms with Gasteiger partial charge in [-0.05, 0) is 11.5 Å². The summed E-state index contributed by atoms with van der Waals surface area (Å²) < 4.78 is 6.85. The molecule has 0 aliphatic rings. The van der Waals surface area contributed by atoms with Crippen LogP contribution in [0.5, 0.6) is 0 Å². The van der Waals surface area contributed by atoms with E-state index in [4.69, 9.17) is 16.3 Å². The molecule has 0 saturated heterocycles. The van der Waals surface area contributed by atoms with E-state index in [9.17, 15) is 0 Å². The summed E-state index contributed by atoms with van der Waals surface area (Å²) >= 11 is 7.78. The van der Waals surface area contributed by atoms with Crippen LogP contribution >= 0.6 is 22.9 Å². The van der Waals surface area contributed by atoms with Gasteiger partial charge in [-0.3, -0.25) is 0 Å². The summed E-state index contributed by atoms with van der Waals surface area (Å²) in [6.07, 6.45) is 0. The summed E-state index contributed by atoms with van der Waals surface area (Å²) in [6, 6.07) is 11.9. The smallest absolute Gasteiger partial charge is 0.235 e. The van der Waals surface area contributed by atoms with E-state index in [2.05, 4.69) is 21.4 Å². The van der Waals surface area contributed by atoms with Crippen molar-refractivity contribution in [2.24, 2.45) is 0 Å². The van der Waals surface area contributed by atoms with Gasteiger partial charge in [0.15, 0.2) is 5.82 Å². The highest BCUT2D eigenvalue weighted by Crippen LogP contribution is 2.34. The molecular weight excluding hydrogens is 320 g/mol. The third-order valence-electron chi connectivity index (χ3n) is 3.43. The van der Waals surface area contributed by atoms with E-state index in [0.717, 1.165) is 31.3 Å². The molecule has 0 radical (unpaired) electrons. The fraction of sp³-hybridized carbons (Fsp3) is 0.133. The van der Waals surface area contributed by atoms with E-state index >= 15 is 0 Å². The molecule has 2 heterocycles. The summed E-state index contributed by atoms with van der Waals surface area (Å²) in [6.45, 7) is 0.381. The Hall–Kier alpha value is -2.02. The zero-order valence-corrected chi connectivity index (χ0v) is 13.2. The lowest BCUT2D eigenvalue weighted by atomic mass is 10.1. The number of hydrogen-bond acceptors (Lipinski definition) is 5. The monoisotopic (exact) mass is 330 g/mol. The number of hydrogen-bond donors (Lipinski definition) is 0. The molecule has 0 fully saturated rings. The van der Waals surface area contributed by atoms with Crippen molar-refractivity contribution in [2.75, 3.05) is 7.11 Å². The van der Waals surface area contributed by atoms with Crippen molar-refractivity contribution in [1.29, 1.82) is 0 Å². The van der Waals surface area contributed by atoms with E-state index < -0.39 is 0 Å². The van der Waals surface area contributed by atoms with Gasteiger partial charge in [0.05, 0.1) is 0 Å². The van der Waals surface area contributed by atoms with Crippen molar-refractivity contribution in [3.63, 3.8) is 0 Å². The number of aromatic nitrogens is 4. The molecule has 22 heavy (non-hydrogen) atoms. The van der Waals surface area contributed by atoms with Crippen LogP contribution in [0.2, 0.25) is 5.02 Å². The van der Waals surface area contributed by atoms with E-state index in [1.165, 1.54) is 11.3 Å². The number of methoxy groups -OCH3 is 1. The zero-order chi connectivity index (χ0) is 15.1. The fourth-order valence-corrected chi connectivity index (χ4v) is 3.58. The highest BCUT2D eigenvalue weighted by atomic mass is 35.5. The molecule has 4 rings (SSSR count). The van der Waals surface area contributed by atoms with Gasteiger partial charge in [0.1, 0.15) is 11.6 Å². The molecule has 0 aliphatic carbocycles. The Morgan fingerprint density at radius 2 is 1.95 bits per heavy atom. The molecule has 2 aromatic heterocycles. The Balaban J connectivity index is 1.93. The first-order chi connectivity index (χ1) is 10.8. The Kier molecular flexibility index (Phi) is 3.29. The van der Waals surface area contributed by atoms with Crippen LogP contribution in [0.15, 0.2) is 36.4 Å². The SMILES string of the molecule is COCc1nnc2sc(-c3cccc4c(Cl)cccc34)nn12. The Morgan fingerprint density at radius 3 is 2.82 bits per heavy atom. The van der Waals surface area contributed by atoms with Gasteiger partial charge in [-0.15, -0.1) is 10.2 Å². The van der Waals surface area contributed by atoms with E-state index in [0.29, 0.717) is 12.4 Å². The van der Waals surface area contributed by atoms with Crippen LogP contribution in [0.1, 0.15) is 5.82 Å². The van der Waals surface area contributed by atoms with Crippen molar-refractivity contribution in [3.05, 3.63) is 47.2 Å². The summed E-state index contributed by atoms with van der Waals surface area (Å²) in [4.78, 5) is 0.751. The highest BCUT2D eigenvalue weighted by Gasteiger charge is 2.14. The van der Waals surface area contributed by atoms with Crippen molar-refractivity contribution in [3.8, 4) is 10.6 Å². The molecule has 0 atom stereocenters. The molecule has 5 nitrogen and oxygen atoms in total. The number of fused-ring (bicyclic) bond motifs is 2. The highest BCUT2D eigenvalue weighted by molar-refractivity contribution is 7.19. The van der Waals surface area contributed by atoms with Crippen molar-refractivity contribution in [1.82, 2.24) is 19.8 Å². The number of nitrogens with zero attached hydrogens (tertiary/aromatic N) is 4. The molecule has 0 aliphatic heterocycles. The summed E-state index contributed by atoms with van der Waals surface area (Å²) in [5, 5.41) is 16.6. The van der Waals surface area contributed by atoms with Crippen LogP contribution in [0.25, 0.3) is 26.3 Å². The molecule has 0 bridgehead atoms. The lowest BCUT2D eigenvalue weighted by molar-refractivity contribution is 0.176. The number of benzene rings is 2.